The maximum Gasteiger partial charge on any atom is 0.274 e. The fourth-order valence-electron chi connectivity index (χ4n) is 4.60. The molecule has 0 bridgehead atoms. The van der Waals surface area contributed by atoms with Gasteiger partial charge in [-0.15, -0.1) is 0 Å². The Morgan fingerprint density at radius 2 is 1.97 bits per heavy atom. The highest BCUT2D eigenvalue weighted by atomic mass is 19.1. The van der Waals surface area contributed by atoms with E-state index in [1.54, 1.807) is 10.9 Å². The Kier molecular flexibility index (Phi) is 5.37. The number of carbonyl (C=O) groups is 2. The lowest BCUT2D eigenvalue weighted by atomic mass is 10.1. The molecule has 2 unspecified atom stereocenters. The van der Waals surface area contributed by atoms with Gasteiger partial charge in [0, 0.05) is 67.8 Å². The number of aromatic hydroxyl groups is 1. The van der Waals surface area contributed by atoms with E-state index in [0.29, 0.717) is 24.6 Å². The number of fused-ring (bicyclic) bond motifs is 3. The number of amides is 2. The second-order valence-electron chi connectivity index (χ2n) is 8.75. The smallest absolute Gasteiger partial charge is 0.274 e. The summed E-state index contributed by atoms with van der Waals surface area (Å²) in [7, 11) is 1.84. The molecule has 2 aromatic heterocycles. The van der Waals surface area contributed by atoms with E-state index in [-0.39, 0.29) is 18.2 Å². The van der Waals surface area contributed by atoms with Gasteiger partial charge in [0.2, 0.25) is 5.43 Å². The van der Waals surface area contributed by atoms with Crippen molar-refractivity contribution in [3.63, 3.8) is 0 Å². The number of aryl methyl sites for hydroxylation is 1. The SMILES string of the molecule is Cn1ncc2c1C1CC1CN(C(=O)c1[nH]cc(C(=O)NCc3c(F)cc(F)cc3F)c(=O)c1O)C2. The number of aromatic nitrogens is 3. The predicted octanol–water partition coefficient (Wildman–Crippen LogP) is 1.92. The summed E-state index contributed by atoms with van der Waals surface area (Å²) in [4.78, 5) is 42.3. The first-order valence-corrected chi connectivity index (χ1v) is 10.8. The van der Waals surface area contributed by atoms with Crippen molar-refractivity contribution in [1.29, 1.82) is 0 Å². The Balaban J connectivity index is 1.35. The number of halogens is 3. The van der Waals surface area contributed by atoms with Gasteiger partial charge in [0.1, 0.15) is 23.0 Å². The molecule has 1 fully saturated rings. The molecule has 9 nitrogen and oxygen atoms in total. The lowest BCUT2D eigenvalue weighted by molar-refractivity contribution is 0.0727. The number of rotatable bonds is 4. The Bertz CT molecular complexity index is 1410. The number of nitrogens with one attached hydrogen (secondary N) is 2. The summed E-state index contributed by atoms with van der Waals surface area (Å²) in [6.45, 7) is 0.0334. The molecule has 2 atom stereocenters. The number of nitrogens with zero attached hydrogens (tertiary/aromatic N) is 3. The highest BCUT2D eigenvalue weighted by Gasteiger charge is 2.46. The molecule has 0 spiro atoms. The maximum absolute atomic E-state index is 13.8. The summed E-state index contributed by atoms with van der Waals surface area (Å²) in [6.07, 6.45) is 3.56. The highest BCUT2D eigenvalue weighted by Crippen LogP contribution is 2.50. The minimum atomic E-state index is -1.20. The summed E-state index contributed by atoms with van der Waals surface area (Å²) >= 11 is 0. The van der Waals surface area contributed by atoms with E-state index in [9.17, 15) is 32.7 Å². The van der Waals surface area contributed by atoms with Gasteiger partial charge in [0.25, 0.3) is 11.8 Å². The van der Waals surface area contributed by atoms with Crippen LogP contribution in [0, 0.1) is 23.4 Å². The zero-order valence-corrected chi connectivity index (χ0v) is 18.4. The van der Waals surface area contributed by atoms with Gasteiger partial charge in [-0.2, -0.15) is 5.10 Å². The number of carbonyl (C=O) groups excluding carboxylic acids is 2. The second-order valence-corrected chi connectivity index (χ2v) is 8.75. The number of aromatic amines is 1. The number of H-pyrrole nitrogens is 1. The largest absolute Gasteiger partial charge is 0.503 e. The normalized spacial score (nSPS) is 18.5. The molecule has 3 aromatic rings. The van der Waals surface area contributed by atoms with Crippen LogP contribution in [0.4, 0.5) is 13.2 Å². The van der Waals surface area contributed by atoms with Gasteiger partial charge in [0.15, 0.2) is 11.4 Å². The van der Waals surface area contributed by atoms with E-state index < -0.39 is 58.1 Å². The van der Waals surface area contributed by atoms with Crippen molar-refractivity contribution in [2.24, 2.45) is 13.0 Å². The predicted molar refractivity (Wildman–Crippen MR) is 115 cm³/mol. The van der Waals surface area contributed by atoms with Crippen molar-refractivity contribution >= 4 is 11.8 Å². The first-order valence-electron chi connectivity index (χ1n) is 10.8. The lowest BCUT2D eigenvalue weighted by Crippen LogP contribution is -2.34. The van der Waals surface area contributed by atoms with Crippen molar-refractivity contribution in [3.05, 3.63) is 80.3 Å². The molecule has 182 valence electrons. The van der Waals surface area contributed by atoms with Gasteiger partial charge in [-0.1, -0.05) is 0 Å². The second kappa shape index (κ2) is 8.29. The van der Waals surface area contributed by atoms with E-state index in [0.717, 1.165) is 23.9 Å². The topological polar surface area (TPSA) is 120 Å². The van der Waals surface area contributed by atoms with Crippen molar-refractivity contribution in [1.82, 2.24) is 25.0 Å². The van der Waals surface area contributed by atoms with Crippen LogP contribution in [0.1, 0.15) is 50.0 Å². The minimum Gasteiger partial charge on any atom is -0.503 e. The Hall–Kier alpha value is -4.09. The van der Waals surface area contributed by atoms with Crippen LogP contribution in [0.25, 0.3) is 0 Å². The van der Waals surface area contributed by atoms with Gasteiger partial charge < -0.3 is 20.3 Å². The molecule has 5 rings (SSSR count). The summed E-state index contributed by atoms with van der Waals surface area (Å²) in [5.74, 6) is -5.54. The third-order valence-electron chi connectivity index (χ3n) is 6.49. The first-order chi connectivity index (χ1) is 16.7. The molecule has 1 aliphatic heterocycles. The number of hydrogen-bond donors (Lipinski definition) is 3. The van der Waals surface area contributed by atoms with Crippen LogP contribution < -0.4 is 10.7 Å². The molecule has 3 N–H and O–H groups in total. The zero-order valence-electron chi connectivity index (χ0n) is 18.4. The summed E-state index contributed by atoms with van der Waals surface area (Å²) in [5.41, 5.74) is -0.679. The van der Waals surface area contributed by atoms with Crippen molar-refractivity contribution in [2.75, 3.05) is 6.54 Å². The fourth-order valence-corrected chi connectivity index (χ4v) is 4.60. The molecule has 0 saturated heterocycles. The van der Waals surface area contributed by atoms with Gasteiger partial charge in [-0.3, -0.25) is 19.1 Å². The third kappa shape index (κ3) is 3.94. The van der Waals surface area contributed by atoms with Crippen LogP contribution in [0.2, 0.25) is 0 Å². The highest BCUT2D eigenvalue weighted by molar-refractivity contribution is 5.98. The van der Waals surface area contributed by atoms with Gasteiger partial charge in [-0.05, 0) is 12.3 Å². The molecular weight excluding hydrogens is 467 g/mol. The van der Waals surface area contributed by atoms with Crippen LogP contribution >= 0.6 is 0 Å². The van der Waals surface area contributed by atoms with Crippen LogP contribution in [-0.2, 0) is 20.1 Å². The van der Waals surface area contributed by atoms with E-state index in [1.165, 1.54) is 4.90 Å². The molecule has 1 aromatic carbocycles. The van der Waals surface area contributed by atoms with Crippen molar-refractivity contribution in [3.8, 4) is 5.75 Å². The summed E-state index contributed by atoms with van der Waals surface area (Å²) in [6, 6.07) is 0.926. The van der Waals surface area contributed by atoms with Gasteiger partial charge in [-0.25, -0.2) is 13.2 Å². The molecule has 3 heterocycles. The quantitative estimate of drug-likeness (QED) is 0.520. The van der Waals surface area contributed by atoms with Crippen molar-refractivity contribution in [2.45, 2.75) is 25.4 Å². The summed E-state index contributed by atoms with van der Waals surface area (Å²) < 4.78 is 42.4. The number of benzene rings is 1. The van der Waals surface area contributed by atoms with Crippen LogP contribution in [-0.4, -0.2) is 43.1 Å². The van der Waals surface area contributed by atoms with Crippen LogP contribution in [0.5, 0.6) is 5.75 Å². The molecule has 35 heavy (non-hydrogen) atoms. The molecule has 2 amide bonds. The molecular formula is C23H20F3N5O4. The Morgan fingerprint density at radius 3 is 2.69 bits per heavy atom. The first kappa shape index (κ1) is 22.7. The molecule has 2 aliphatic rings. The lowest BCUT2D eigenvalue weighted by Gasteiger charge is -2.21. The molecule has 1 saturated carbocycles. The number of hydrogen-bond acceptors (Lipinski definition) is 5. The van der Waals surface area contributed by atoms with E-state index in [4.69, 9.17) is 0 Å². The zero-order chi connectivity index (χ0) is 25.0. The van der Waals surface area contributed by atoms with E-state index >= 15 is 0 Å². The maximum atomic E-state index is 13.8. The van der Waals surface area contributed by atoms with E-state index in [2.05, 4.69) is 15.4 Å². The standard InChI is InChI=1S/C23H20F3N5O4/c1-30-19-11(5-29-30)9-31(8-10-2-13(10)19)23(35)18-21(33)20(32)15(7-27-18)22(34)28-6-14-16(25)3-12(24)4-17(14)26/h3-5,7,10,13,33H,2,6,8-9H2,1H3,(H,27,32)(H,28,34). The fraction of sp³-hybridized carbons (Fsp3) is 0.304. The monoisotopic (exact) mass is 487 g/mol. The summed E-state index contributed by atoms with van der Waals surface area (Å²) in [5, 5.41) is 16.8. The Morgan fingerprint density at radius 1 is 1.26 bits per heavy atom. The molecule has 12 heteroatoms. The molecule has 1 aliphatic carbocycles. The average Bonchev–Trinajstić information content (AvgIpc) is 3.48. The van der Waals surface area contributed by atoms with Crippen LogP contribution in [0.3, 0.4) is 0 Å². The molecule has 0 radical (unpaired) electrons. The van der Waals surface area contributed by atoms with Crippen molar-refractivity contribution < 1.29 is 27.9 Å². The van der Waals surface area contributed by atoms with Gasteiger partial charge >= 0.3 is 0 Å². The number of pyridine rings is 1. The Labute approximate surface area is 196 Å². The van der Waals surface area contributed by atoms with E-state index in [1.807, 2.05) is 7.05 Å². The average molecular weight is 487 g/mol. The van der Waals surface area contributed by atoms with Gasteiger partial charge in [0.05, 0.1) is 6.20 Å². The minimum absolute atomic E-state index is 0.252. The third-order valence-corrected chi connectivity index (χ3v) is 6.49. The van der Waals surface area contributed by atoms with Crippen LogP contribution in [0.15, 0.2) is 29.3 Å².